The largest absolute Gasteiger partial charge is 0.481 e. The van der Waals surface area contributed by atoms with Gasteiger partial charge in [-0.1, -0.05) is 6.42 Å². The maximum Gasteiger partial charge on any atom is 0.311 e. The molecule has 1 aromatic heterocycles. The fourth-order valence-electron chi connectivity index (χ4n) is 4.20. The van der Waals surface area contributed by atoms with Crippen molar-refractivity contribution in [2.45, 2.75) is 19.3 Å². The molecule has 1 aromatic carbocycles. The molecule has 2 fully saturated rings. The molecule has 124 valence electrons. The molecule has 1 aliphatic heterocycles. The average molecular weight is 328 g/mol. The zero-order chi connectivity index (χ0) is 16.9. The number of carboxylic acid groups (broad SMARTS) is 1. The van der Waals surface area contributed by atoms with Crippen molar-refractivity contribution < 1.29 is 19.1 Å². The Bertz CT molecular complexity index is 853. The van der Waals surface area contributed by atoms with Crippen molar-refractivity contribution in [3.05, 3.63) is 41.8 Å². The fraction of sp³-hybridized carbons (Fsp3) is 0.389. The van der Waals surface area contributed by atoms with Gasteiger partial charge in [0.05, 0.1) is 16.5 Å². The van der Waals surface area contributed by atoms with Gasteiger partial charge in [0.25, 0.3) is 5.91 Å². The van der Waals surface area contributed by atoms with Crippen LogP contribution in [0.15, 0.2) is 30.5 Å². The topological polar surface area (TPSA) is 70.5 Å². The smallest absolute Gasteiger partial charge is 0.311 e. The summed E-state index contributed by atoms with van der Waals surface area (Å²) in [6.45, 7) is 0.708. The Morgan fingerprint density at radius 1 is 1.33 bits per heavy atom. The van der Waals surface area contributed by atoms with Gasteiger partial charge in [-0.3, -0.25) is 14.6 Å². The van der Waals surface area contributed by atoms with E-state index in [1.54, 1.807) is 17.0 Å². The number of carboxylic acids is 1. The number of halogens is 1. The van der Waals surface area contributed by atoms with E-state index in [9.17, 15) is 19.1 Å². The van der Waals surface area contributed by atoms with Crippen molar-refractivity contribution in [2.24, 2.45) is 11.3 Å². The molecule has 4 rings (SSSR count). The molecule has 5 nitrogen and oxygen atoms in total. The lowest BCUT2D eigenvalue weighted by Crippen LogP contribution is -2.37. The van der Waals surface area contributed by atoms with Crippen LogP contribution in [0.2, 0.25) is 0 Å². The van der Waals surface area contributed by atoms with Crippen LogP contribution in [-0.2, 0) is 4.79 Å². The molecular weight excluding hydrogens is 311 g/mol. The number of carbonyl (C=O) groups excluding carboxylic acids is 1. The van der Waals surface area contributed by atoms with Gasteiger partial charge in [0, 0.05) is 24.7 Å². The van der Waals surface area contributed by atoms with Gasteiger partial charge in [-0.05, 0) is 43.0 Å². The van der Waals surface area contributed by atoms with Crippen molar-refractivity contribution in [1.82, 2.24) is 9.88 Å². The first-order valence-electron chi connectivity index (χ1n) is 8.08. The lowest BCUT2D eigenvalue weighted by Gasteiger charge is -2.23. The van der Waals surface area contributed by atoms with Gasteiger partial charge >= 0.3 is 5.97 Å². The summed E-state index contributed by atoms with van der Waals surface area (Å²) in [5.41, 5.74) is 0.188. The number of aromatic nitrogens is 1. The summed E-state index contributed by atoms with van der Waals surface area (Å²) in [5.74, 6) is -1.40. The highest BCUT2D eigenvalue weighted by molar-refractivity contribution is 5.98. The second-order valence-electron chi connectivity index (χ2n) is 6.80. The number of nitrogens with zero attached hydrogens (tertiary/aromatic N) is 2. The lowest BCUT2D eigenvalue weighted by atomic mass is 9.81. The fourth-order valence-corrected chi connectivity index (χ4v) is 4.20. The molecule has 1 saturated heterocycles. The first kappa shape index (κ1) is 15.1. The summed E-state index contributed by atoms with van der Waals surface area (Å²) >= 11 is 0. The summed E-state index contributed by atoms with van der Waals surface area (Å²) in [4.78, 5) is 30.3. The molecule has 1 saturated carbocycles. The minimum absolute atomic E-state index is 0.0183. The van der Waals surface area contributed by atoms with Crippen molar-refractivity contribution in [2.75, 3.05) is 13.1 Å². The minimum Gasteiger partial charge on any atom is -0.481 e. The summed E-state index contributed by atoms with van der Waals surface area (Å²) in [6.07, 6.45) is 3.84. The molecule has 0 bridgehead atoms. The molecule has 1 aliphatic carbocycles. The molecule has 1 N–H and O–H groups in total. The molecule has 2 atom stereocenters. The minimum atomic E-state index is -0.806. The number of rotatable bonds is 2. The van der Waals surface area contributed by atoms with Gasteiger partial charge in [-0.15, -0.1) is 0 Å². The van der Waals surface area contributed by atoms with E-state index in [4.69, 9.17) is 0 Å². The van der Waals surface area contributed by atoms with Gasteiger partial charge in [-0.2, -0.15) is 0 Å². The first-order valence-corrected chi connectivity index (χ1v) is 8.08. The van der Waals surface area contributed by atoms with Gasteiger partial charge < -0.3 is 10.0 Å². The van der Waals surface area contributed by atoms with Crippen LogP contribution in [0.25, 0.3) is 10.9 Å². The van der Waals surface area contributed by atoms with E-state index in [1.807, 2.05) is 0 Å². The van der Waals surface area contributed by atoms with E-state index in [0.29, 0.717) is 29.4 Å². The normalized spacial score (nSPS) is 25.9. The molecule has 2 aliphatic rings. The summed E-state index contributed by atoms with van der Waals surface area (Å²) in [7, 11) is 0. The van der Waals surface area contributed by atoms with E-state index in [2.05, 4.69) is 4.98 Å². The van der Waals surface area contributed by atoms with Crippen LogP contribution in [0, 0.1) is 17.2 Å². The van der Waals surface area contributed by atoms with E-state index in [1.165, 1.54) is 18.3 Å². The molecule has 0 radical (unpaired) electrons. The van der Waals surface area contributed by atoms with Crippen LogP contribution in [0.4, 0.5) is 4.39 Å². The highest BCUT2D eigenvalue weighted by Gasteiger charge is 2.55. The third kappa shape index (κ3) is 2.17. The Morgan fingerprint density at radius 3 is 2.92 bits per heavy atom. The predicted octanol–water partition coefficient (Wildman–Crippen LogP) is 2.70. The van der Waals surface area contributed by atoms with E-state index >= 15 is 0 Å². The Kier molecular flexibility index (Phi) is 3.30. The van der Waals surface area contributed by atoms with Gasteiger partial charge in [0.1, 0.15) is 5.82 Å². The summed E-state index contributed by atoms with van der Waals surface area (Å²) in [5, 5.41) is 10.2. The van der Waals surface area contributed by atoms with Crippen LogP contribution in [0.1, 0.15) is 29.6 Å². The number of carbonyl (C=O) groups is 2. The number of amides is 1. The molecule has 0 unspecified atom stereocenters. The second-order valence-corrected chi connectivity index (χ2v) is 6.80. The zero-order valence-corrected chi connectivity index (χ0v) is 13.0. The van der Waals surface area contributed by atoms with Crippen LogP contribution in [0.3, 0.4) is 0 Å². The molecule has 0 spiro atoms. The number of fused-ring (bicyclic) bond motifs is 2. The highest BCUT2D eigenvalue weighted by Crippen LogP contribution is 2.49. The Balaban J connectivity index is 1.64. The van der Waals surface area contributed by atoms with Crippen LogP contribution in [0.5, 0.6) is 0 Å². The number of pyridine rings is 1. The summed E-state index contributed by atoms with van der Waals surface area (Å²) in [6, 6.07) is 5.86. The van der Waals surface area contributed by atoms with Gasteiger partial charge in [0.15, 0.2) is 0 Å². The van der Waals surface area contributed by atoms with Crippen molar-refractivity contribution in [3.63, 3.8) is 0 Å². The van der Waals surface area contributed by atoms with E-state index in [-0.39, 0.29) is 24.2 Å². The number of aliphatic carboxylic acids is 1. The average Bonchev–Trinajstić information content (AvgIpc) is 3.11. The summed E-state index contributed by atoms with van der Waals surface area (Å²) < 4.78 is 13.4. The quantitative estimate of drug-likeness (QED) is 0.920. The van der Waals surface area contributed by atoms with Crippen LogP contribution < -0.4 is 0 Å². The van der Waals surface area contributed by atoms with Crippen molar-refractivity contribution in [3.8, 4) is 0 Å². The Labute approximate surface area is 138 Å². The number of hydrogen-bond donors (Lipinski definition) is 1. The van der Waals surface area contributed by atoms with Crippen molar-refractivity contribution in [1.29, 1.82) is 0 Å². The molecule has 2 heterocycles. The monoisotopic (exact) mass is 328 g/mol. The third-order valence-electron chi connectivity index (χ3n) is 5.47. The van der Waals surface area contributed by atoms with Crippen LogP contribution >= 0.6 is 0 Å². The highest BCUT2D eigenvalue weighted by atomic mass is 19.1. The maximum atomic E-state index is 13.4. The predicted molar refractivity (Wildman–Crippen MR) is 85.0 cm³/mol. The van der Waals surface area contributed by atoms with E-state index < -0.39 is 11.4 Å². The standard InChI is InChI=1S/C18H17FN2O3/c19-14-3-4-15-11(7-14)6-12(8-20-15)16(22)21-9-13-2-1-5-18(13,10-21)17(23)24/h3-4,6-8,13H,1-2,5,9-10H2,(H,23,24)/t13-,18+/m0/s1. The van der Waals surface area contributed by atoms with Crippen molar-refractivity contribution >= 4 is 22.8 Å². The molecule has 6 heteroatoms. The Hall–Kier alpha value is -2.50. The SMILES string of the molecule is O=C(c1cnc2ccc(F)cc2c1)N1C[C@@H]2CCC[C@@]2(C(=O)O)C1. The molecule has 2 aromatic rings. The molecule has 24 heavy (non-hydrogen) atoms. The number of benzene rings is 1. The van der Waals surface area contributed by atoms with Gasteiger partial charge in [0.2, 0.25) is 0 Å². The van der Waals surface area contributed by atoms with Gasteiger partial charge in [-0.25, -0.2) is 4.39 Å². The lowest BCUT2D eigenvalue weighted by molar-refractivity contribution is -0.149. The number of likely N-dealkylation sites (tertiary alicyclic amines) is 1. The Morgan fingerprint density at radius 2 is 2.17 bits per heavy atom. The third-order valence-corrected chi connectivity index (χ3v) is 5.47. The van der Waals surface area contributed by atoms with E-state index in [0.717, 1.165) is 12.8 Å². The second kappa shape index (κ2) is 5.26. The zero-order valence-electron chi connectivity index (χ0n) is 13.0. The maximum absolute atomic E-state index is 13.4. The first-order chi connectivity index (χ1) is 11.5. The molecule has 1 amide bonds. The molecular formula is C18H17FN2O3. The van der Waals surface area contributed by atoms with Crippen LogP contribution in [-0.4, -0.2) is 40.0 Å². The number of hydrogen-bond acceptors (Lipinski definition) is 3.